The van der Waals surface area contributed by atoms with Gasteiger partial charge in [0.2, 0.25) is 0 Å². The second-order valence-corrected chi connectivity index (χ2v) is 6.69. The van der Waals surface area contributed by atoms with Gasteiger partial charge in [-0.2, -0.15) is 0 Å². The van der Waals surface area contributed by atoms with Crippen LogP contribution in [-0.4, -0.2) is 24.9 Å². The molecule has 0 bridgehead atoms. The summed E-state index contributed by atoms with van der Waals surface area (Å²) in [6.07, 6.45) is -0.458. The Morgan fingerprint density at radius 3 is 2.50 bits per heavy atom. The minimum Gasteiger partial charge on any atom is -0.493 e. The molecule has 2 aromatic rings. The first-order chi connectivity index (χ1) is 11.5. The van der Waals surface area contributed by atoms with Gasteiger partial charge in [0, 0.05) is 13.1 Å². The van der Waals surface area contributed by atoms with Crippen molar-refractivity contribution in [3.8, 4) is 11.5 Å². The van der Waals surface area contributed by atoms with Crippen LogP contribution in [-0.2, 0) is 6.54 Å². The molecular weight excluding hydrogens is 370 g/mol. The zero-order valence-corrected chi connectivity index (χ0v) is 15.8. The van der Waals surface area contributed by atoms with Crippen LogP contribution in [0.15, 0.2) is 46.9 Å². The first kappa shape index (κ1) is 18.8. The Kier molecular flexibility index (Phi) is 7.09. The quantitative estimate of drug-likeness (QED) is 0.709. The molecule has 2 N–H and O–H groups in total. The molecule has 0 radical (unpaired) electrons. The minimum atomic E-state index is -0.528. The average Bonchev–Trinajstić information content (AvgIpc) is 2.57. The molecule has 2 rings (SSSR count). The lowest BCUT2D eigenvalue weighted by atomic mass is 10.1. The van der Waals surface area contributed by atoms with Crippen molar-refractivity contribution < 1.29 is 14.6 Å². The molecular formula is C19H24BrNO3. The lowest BCUT2D eigenvalue weighted by Gasteiger charge is -2.17. The number of methoxy groups -OCH3 is 1. The van der Waals surface area contributed by atoms with Gasteiger partial charge in [-0.25, -0.2) is 0 Å². The molecule has 4 nitrogen and oxygen atoms in total. The number of hydrogen-bond acceptors (Lipinski definition) is 4. The van der Waals surface area contributed by atoms with E-state index in [1.807, 2.05) is 56.3 Å². The molecule has 0 aliphatic carbocycles. The number of benzene rings is 2. The van der Waals surface area contributed by atoms with E-state index in [9.17, 15) is 5.11 Å². The molecule has 2 aromatic carbocycles. The van der Waals surface area contributed by atoms with E-state index in [4.69, 9.17) is 9.47 Å². The maximum atomic E-state index is 10.2. The van der Waals surface area contributed by atoms with Crippen molar-refractivity contribution in [2.75, 3.05) is 13.7 Å². The van der Waals surface area contributed by atoms with E-state index >= 15 is 0 Å². The molecule has 0 fully saturated rings. The van der Waals surface area contributed by atoms with E-state index < -0.39 is 6.10 Å². The summed E-state index contributed by atoms with van der Waals surface area (Å²) in [5.41, 5.74) is 1.96. The SMILES string of the molecule is COc1cc(CNC[C@@H](O)c2ccccc2)cc(Br)c1OC(C)C. The van der Waals surface area contributed by atoms with E-state index in [-0.39, 0.29) is 6.10 Å². The monoisotopic (exact) mass is 393 g/mol. The molecule has 0 aliphatic rings. The Morgan fingerprint density at radius 2 is 1.88 bits per heavy atom. The summed E-state index contributed by atoms with van der Waals surface area (Å²) in [4.78, 5) is 0. The van der Waals surface area contributed by atoms with Crippen LogP contribution in [0, 0.1) is 0 Å². The summed E-state index contributed by atoms with van der Waals surface area (Å²) in [6, 6.07) is 13.6. The molecule has 0 heterocycles. The summed E-state index contributed by atoms with van der Waals surface area (Å²) in [5.74, 6) is 1.40. The second-order valence-electron chi connectivity index (χ2n) is 5.83. The Bertz CT molecular complexity index is 647. The molecule has 0 amide bonds. The number of ether oxygens (including phenoxy) is 2. The van der Waals surface area contributed by atoms with Crippen molar-refractivity contribution in [1.29, 1.82) is 0 Å². The molecule has 24 heavy (non-hydrogen) atoms. The highest BCUT2D eigenvalue weighted by molar-refractivity contribution is 9.10. The number of nitrogens with one attached hydrogen (secondary N) is 1. The van der Waals surface area contributed by atoms with Crippen molar-refractivity contribution in [3.63, 3.8) is 0 Å². The van der Waals surface area contributed by atoms with E-state index in [2.05, 4.69) is 21.2 Å². The maximum absolute atomic E-state index is 10.2. The lowest BCUT2D eigenvalue weighted by molar-refractivity contribution is 0.174. The van der Waals surface area contributed by atoms with Gasteiger partial charge in [-0.15, -0.1) is 0 Å². The van der Waals surface area contributed by atoms with E-state index in [1.165, 1.54) is 0 Å². The Morgan fingerprint density at radius 1 is 1.17 bits per heavy atom. The van der Waals surface area contributed by atoms with Crippen molar-refractivity contribution >= 4 is 15.9 Å². The topological polar surface area (TPSA) is 50.7 Å². The van der Waals surface area contributed by atoms with Gasteiger partial charge in [-0.1, -0.05) is 30.3 Å². The van der Waals surface area contributed by atoms with Gasteiger partial charge >= 0.3 is 0 Å². The van der Waals surface area contributed by atoms with Gasteiger partial charge in [0.05, 0.1) is 23.8 Å². The smallest absolute Gasteiger partial charge is 0.175 e. The molecule has 1 atom stereocenters. The van der Waals surface area contributed by atoms with Crippen LogP contribution >= 0.6 is 15.9 Å². The van der Waals surface area contributed by atoms with Crippen LogP contribution in [0.5, 0.6) is 11.5 Å². The lowest BCUT2D eigenvalue weighted by Crippen LogP contribution is -2.21. The highest BCUT2D eigenvalue weighted by Crippen LogP contribution is 2.37. The highest BCUT2D eigenvalue weighted by Gasteiger charge is 2.13. The Balaban J connectivity index is 1.99. The average molecular weight is 394 g/mol. The second kappa shape index (κ2) is 9.06. The predicted octanol–water partition coefficient (Wildman–Crippen LogP) is 4.07. The highest BCUT2D eigenvalue weighted by atomic mass is 79.9. The summed E-state index contributed by atoms with van der Waals surface area (Å²) >= 11 is 3.54. The zero-order chi connectivity index (χ0) is 17.5. The first-order valence-corrected chi connectivity index (χ1v) is 8.77. The molecule has 0 saturated carbocycles. The predicted molar refractivity (Wildman–Crippen MR) is 99.6 cm³/mol. The summed E-state index contributed by atoms with van der Waals surface area (Å²) in [7, 11) is 1.63. The van der Waals surface area contributed by atoms with Crippen LogP contribution in [0.1, 0.15) is 31.1 Å². The third kappa shape index (κ3) is 5.23. The molecule has 0 aromatic heterocycles. The Hall–Kier alpha value is -1.56. The standard InChI is InChI=1S/C19H24BrNO3/c1-13(2)24-19-16(20)9-14(10-18(19)23-3)11-21-12-17(22)15-7-5-4-6-8-15/h4-10,13,17,21-22H,11-12H2,1-3H3/t17-/m1/s1. The van der Waals surface area contributed by atoms with E-state index in [0.717, 1.165) is 15.6 Å². The molecule has 0 saturated heterocycles. The van der Waals surface area contributed by atoms with E-state index in [1.54, 1.807) is 7.11 Å². The normalized spacial score (nSPS) is 12.2. The van der Waals surface area contributed by atoms with Crippen molar-refractivity contribution in [2.45, 2.75) is 32.6 Å². The summed E-state index contributed by atoms with van der Waals surface area (Å²) in [6.45, 7) is 5.06. The van der Waals surface area contributed by atoms with Crippen molar-refractivity contribution in [2.24, 2.45) is 0 Å². The molecule has 5 heteroatoms. The van der Waals surface area contributed by atoms with Gasteiger partial charge < -0.3 is 19.9 Å². The fraction of sp³-hybridized carbons (Fsp3) is 0.368. The van der Waals surface area contributed by atoms with Gasteiger partial charge in [0.25, 0.3) is 0 Å². The Labute approximate surface area is 151 Å². The van der Waals surface area contributed by atoms with Crippen LogP contribution < -0.4 is 14.8 Å². The number of halogens is 1. The third-order valence-electron chi connectivity index (χ3n) is 3.49. The summed E-state index contributed by atoms with van der Waals surface area (Å²) in [5, 5.41) is 13.5. The first-order valence-electron chi connectivity index (χ1n) is 7.98. The molecule has 0 unspecified atom stereocenters. The number of aliphatic hydroxyl groups is 1. The minimum absolute atomic E-state index is 0.0696. The summed E-state index contributed by atoms with van der Waals surface area (Å²) < 4.78 is 12.1. The number of hydrogen-bond donors (Lipinski definition) is 2. The molecule has 0 aliphatic heterocycles. The van der Waals surface area contributed by atoms with Gasteiger partial charge in [0.1, 0.15) is 0 Å². The zero-order valence-electron chi connectivity index (χ0n) is 14.3. The van der Waals surface area contributed by atoms with Crippen molar-refractivity contribution in [3.05, 3.63) is 58.1 Å². The van der Waals surface area contributed by atoms with Gasteiger partial charge in [0.15, 0.2) is 11.5 Å². The van der Waals surface area contributed by atoms with Crippen LogP contribution in [0.4, 0.5) is 0 Å². The fourth-order valence-electron chi connectivity index (χ4n) is 2.37. The number of rotatable bonds is 8. The number of aliphatic hydroxyl groups excluding tert-OH is 1. The van der Waals surface area contributed by atoms with Gasteiger partial charge in [-0.05, 0) is 53.0 Å². The maximum Gasteiger partial charge on any atom is 0.175 e. The third-order valence-corrected chi connectivity index (χ3v) is 4.08. The molecule has 0 spiro atoms. The van der Waals surface area contributed by atoms with Gasteiger partial charge in [-0.3, -0.25) is 0 Å². The molecule has 130 valence electrons. The van der Waals surface area contributed by atoms with Crippen LogP contribution in [0.3, 0.4) is 0 Å². The largest absolute Gasteiger partial charge is 0.493 e. The van der Waals surface area contributed by atoms with Crippen LogP contribution in [0.2, 0.25) is 0 Å². The van der Waals surface area contributed by atoms with Crippen molar-refractivity contribution in [1.82, 2.24) is 5.32 Å². The van der Waals surface area contributed by atoms with Crippen LogP contribution in [0.25, 0.3) is 0 Å². The van der Waals surface area contributed by atoms with E-state index in [0.29, 0.717) is 24.6 Å². The fourth-order valence-corrected chi connectivity index (χ4v) is 2.95.